The second kappa shape index (κ2) is 13.3. The summed E-state index contributed by atoms with van der Waals surface area (Å²) in [4.78, 5) is 13.6. The van der Waals surface area contributed by atoms with Crippen LogP contribution < -0.4 is 10.6 Å². The summed E-state index contributed by atoms with van der Waals surface area (Å²) in [7, 11) is -2.03. The van der Waals surface area contributed by atoms with E-state index >= 15 is 0 Å². The fourth-order valence-electron chi connectivity index (χ4n) is 2.62. The number of sulfonamides is 1. The van der Waals surface area contributed by atoms with Crippen LogP contribution in [0.3, 0.4) is 0 Å². The number of nitriles is 1. The first-order valence-corrected chi connectivity index (χ1v) is 11.6. The molecule has 2 rings (SSSR count). The standard InChI is InChI=1S/C21H28N6O3S/c1-27(30-17-19-9-5-4-6-10-19)31(28,29)16-8-3-2-7-13-24-21(25-18-22)26-20-11-14-23-15-12-20/h4-6,9-12,14-15H,2-3,7-8,13,16-17H2,1H3,(H2,23,24,25,26). The van der Waals surface area contributed by atoms with Gasteiger partial charge < -0.3 is 5.32 Å². The fraction of sp³-hybridized carbons (Fsp3) is 0.381. The minimum absolute atomic E-state index is 0.0341. The highest BCUT2D eigenvalue weighted by Crippen LogP contribution is 2.09. The van der Waals surface area contributed by atoms with Crippen molar-refractivity contribution in [2.24, 2.45) is 4.99 Å². The molecule has 31 heavy (non-hydrogen) atoms. The van der Waals surface area contributed by atoms with Crippen LogP contribution in [0.4, 0.5) is 5.69 Å². The highest BCUT2D eigenvalue weighted by molar-refractivity contribution is 7.88. The topological polar surface area (TPSA) is 120 Å². The van der Waals surface area contributed by atoms with E-state index in [4.69, 9.17) is 10.1 Å². The lowest BCUT2D eigenvalue weighted by molar-refractivity contribution is -0.0769. The minimum Gasteiger partial charge on any atom is -0.325 e. The fourth-order valence-corrected chi connectivity index (χ4v) is 3.66. The lowest BCUT2D eigenvalue weighted by Gasteiger charge is -2.16. The second-order valence-electron chi connectivity index (χ2n) is 6.73. The summed E-state index contributed by atoms with van der Waals surface area (Å²) >= 11 is 0. The van der Waals surface area contributed by atoms with Crippen molar-refractivity contribution in [2.75, 3.05) is 24.7 Å². The first kappa shape index (κ1) is 24.3. The molecule has 0 radical (unpaired) electrons. The molecule has 0 aliphatic rings. The zero-order valence-electron chi connectivity index (χ0n) is 17.6. The number of aromatic nitrogens is 1. The first-order valence-electron chi connectivity index (χ1n) is 10.0. The van der Waals surface area contributed by atoms with Gasteiger partial charge in [0.05, 0.1) is 12.4 Å². The lowest BCUT2D eigenvalue weighted by Crippen LogP contribution is -2.29. The number of hydrogen-bond donors (Lipinski definition) is 2. The monoisotopic (exact) mass is 444 g/mol. The van der Waals surface area contributed by atoms with Gasteiger partial charge in [0.1, 0.15) is 0 Å². The molecule has 0 saturated carbocycles. The van der Waals surface area contributed by atoms with Crippen LogP contribution in [0.5, 0.6) is 0 Å². The number of rotatable bonds is 12. The Morgan fingerprint density at radius 3 is 2.55 bits per heavy atom. The molecule has 0 spiro atoms. The van der Waals surface area contributed by atoms with E-state index in [1.807, 2.05) is 36.5 Å². The third-order valence-corrected chi connectivity index (χ3v) is 6.04. The van der Waals surface area contributed by atoms with Crippen molar-refractivity contribution in [1.29, 1.82) is 5.26 Å². The quantitative estimate of drug-likeness (QED) is 0.129. The molecule has 0 fully saturated rings. The third-order valence-electron chi connectivity index (χ3n) is 4.35. The molecular weight excluding hydrogens is 416 g/mol. The highest BCUT2D eigenvalue weighted by Gasteiger charge is 2.18. The molecule has 10 heteroatoms. The molecule has 1 aromatic carbocycles. The zero-order chi connectivity index (χ0) is 22.4. The van der Waals surface area contributed by atoms with Gasteiger partial charge >= 0.3 is 0 Å². The van der Waals surface area contributed by atoms with E-state index in [1.165, 1.54) is 7.05 Å². The van der Waals surface area contributed by atoms with Crippen molar-refractivity contribution in [3.8, 4) is 6.19 Å². The maximum Gasteiger partial charge on any atom is 0.235 e. The number of nitrogens with one attached hydrogen (secondary N) is 2. The number of nitrogens with zero attached hydrogens (tertiary/aromatic N) is 4. The number of benzene rings is 1. The Hall–Kier alpha value is -3.00. The van der Waals surface area contributed by atoms with E-state index in [0.29, 0.717) is 18.9 Å². The minimum atomic E-state index is -3.46. The number of aliphatic imine (C=N–C) groups is 1. The van der Waals surface area contributed by atoms with Gasteiger partial charge in [0.25, 0.3) is 0 Å². The SMILES string of the molecule is CN(OCc1ccccc1)S(=O)(=O)CCCCCCN=C(NC#N)Nc1ccncc1. The van der Waals surface area contributed by atoms with Gasteiger partial charge in [-0.3, -0.25) is 20.1 Å². The summed E-state index contributed by atoms with van der Waals surface area (Å²) < 4.78 is 25.6. The molecule has 0 bridgehead atoms. The van der Waals surface area contributed by atoms with Crippen LogP contribution >= 0.6 is 0 Å². The Bertz CT molecular complexity index is 946. The van der Waals surface area contributed by atoms with Gasteiger partial charge in [-0.25, -0.2) is 8.42 Å². The Balaban J connectivity index is 1.64. The summed E-state index contributed by atoms with van der Waals surface area (Å²) in [5.41, 5.74) is 1.69. The summed E-state index contributed by atoms with van der Waals surface area (Å²) in [6, 6.07) is 13.0. The zero-order valence-corrected chi connectivity index (χ0v) is 18.4. The van der Waals surface area contributed by atoms with Crippen molar-refractivity contribution >= 4 is 21.7 Å². The van der Waals surface area contributed by atoms with Crippen LogP contribution in [0.15, 0.2) is 59.9 Å². The molecule has 0 aliphatic heterocycles. The number of pyridine rings is 1. The largest absolute Gasteiger partial charge is 0.325 e. The molecule has 2 aromatic rings. The molecule has 166 valence electrons. The molecule has 0 amide bonds. The van der Waals surface area contributed by atoms with E-state index in [2.05, 4.69) is 20.6 Å². The van der Waals surface area contributed by atoms with E-state index in [0.717, 1.165) is 35.0 Å². The summed E-state index contributed by atoms with van der Waals surface area (Å²) in [6.45, 7) is 0.732. The van der Waals surface area contributed by atoms with E-state index < -0.39 is 10.0 Å². The van der Waals surface area contributed by atoms with Gasteiger partial charge in [0.15, 0.2) is 6.19 Å². The maximum absolute atomic E-state index is 12.3. The van der Waals surface area contributed by atoms with Gasteiger partial charge in [0, 0.05) is 31.7 Å². The Labute approximate surface area is 183 Å². The number of unbranched alkanes of at least 4 members (excludes halogenated alkanes) is 3. The molecular formula is C21H28N6O3S. The Morgan fingerprint density at radius 1 is 1.13 bits per heavy atom. The number of hydroxylamine groups is 1. The molecule has 0 atom stereocenters. The van der Waals surface area contributed by atoms with Crippen LogP contribution in [-0.4, -0.2) is 43.2 Å². The van der Waals surface area contributed by atoms with E-state index in [1.54, 1.807) is 24.5 Å². The van der Waals surface area contributed by atoms with Gasteiger partial charge in [-0.15, -0.1) is 0 Å². The molecule has 0 unspecified atom stereocenters. The molecule has 0 aliphatic carbocycles. The summed E-state index contributed by atoms with van der Waals surface area (Å²) in [5.74, 6) is 0.403. The predicted molar refractivity (Wildman–Crippen MR) is 120 cm³/mol. The highest BCUT2D eigenvalue weighted by atomic mass is 32.2. The second-order valence-corrected chi connectivity index (χ2v) is 8.81. The average molecular weight is 445 g/mol. The van der Waals surface area contributed by atoms with E-state index in [9.17, 15) is 8.42 Å². The Kier molecular flexibility index (Phi) is 10.4. The first-order chi connectivity index (χ1) is 15.0. The number of hydrogen-bond acceptors (Lipinski definition) is 6. The van der Waals surface area contributed by atoms with Crippen LogP contribution in [0, 0.1) is 11.5 Å². The molecule has 2 N–H and O–H groups in total. The van der Waals surface area contributed by atoms with Gasteiger partial charge in [-0.1, -0.05) is 47.6 Å². The summed E-state index contributed by atoms with van der Waals surface area (Å²) in [6.07, 6.45) is 8.07. The normalized spacial score (nSPS) is 11.8. The molecule has 9 nitrogen and oxygen atoms in total. The maximum atomic E-state index is 12.3. The van der Waals surface area contributed by atoms with Gasteiger partial charge in [0.2, 0.25) is 16.0 Å². The van der Waals surface area contributed by atoms with Crippen molar-refractivity contribution in [2.45, 2.75) is 32.3 Å². The van der Waals surface area contributed by atoms with Crippen LogP contribution in [-0.2, 0) is 21.5 Å². The van der Waals surface area contributed by atoms with Crippen molar-refractivity contribution in [3.63, 3.8) is 0 Å². The van der Waals surface area contributed by atoms with Crippen LogP contribution in [0.2, 0.25) is 0 Å². The smallest absolute Gasteiger partial charge is 0.235 e. The van der Waals surface area contributed by atoms with Crippen molar-refractivity contribution in [1.82, 2.24) is 14.8 Å². The van der Waals surface area contributed by atoms with Crippen LogP contribution in [0.1, 0.15) is 31.2 Å². The van der Waals surface area contributed by atoms with Crippen LogP contribution in [0.25, 0.3) is 0 Å². The molecule has 0 saturated heterocycles. The average Bonchev–Trinajstić information content (AvgIpc) is 2.78. The van der Waals surface area contributed by atoms with Crippen molar-refractivity contribution < 1.29 is 13.3 Å². The Morgan fingerprint density at radius 2 is 1.84 bits per heavy atom. The summed E-state index contributed by atoms with van der Waals surface area (Å²) in [5, 5.41) is 14.4. The van der Waals surface area contributed by atoms with Gasteiger partial charge in [-0.2, -0.15) is 5.26 Å². The third kappa shape index (κ3) is 9.57. The van der Waals surface area contributed by atoms with Crippen molar-refractivity contribution in [3.05, 3.63) is 60.4 Å². The molecule has 1 heterocycles. The lowest BCUT2D eigenvalue weighted by atomic mass is 10.2. The van der Waals surface area contributed by atoms with E-state index in [-0.39, 0.29) is 12.4 Å². The number of anilines is 1. The van der Waals surface area contributed by atoms with Gasteiger partial charge in [-0.05, 0) is 30.5 Å². The predicted octanol–water partition coefficient (Wildman–Crippen LogP) is 2.87. The molecule has 1 aromatic heterocycles. The number of guanidine groups is 1.